The number of nitrogens with one attached hydrogen (secondary N) is 2. The maximum atomic E-state index is 11.2. The van der Waals surface area contributed by atoms with Crippen molar-refractivity contribution in [1.29, 1.82) is 0 Å². The first-order chi connectivity index (χ1) is 10.5. The number of nitrogens with two attached hydrogens (primary N) is 1. The van der Waals surface area contributed by atoms with Gasteiger partial charge in [0.05, 0.1) is 19.0 Å². The molecule has 0 bridgehead atoms. The Morgan fingerprint density at radius 2 is 2.00 bits per heavy atom. The highest BCUT2D eigenvalue weighted by Crippen LogP contribution is 1.97. The first-order valence-electron chi connectivity index (χ1n) is 7.84. The van der Waals surface area contributed by atoms with Crippen molar-refractivity contribution in [2.45, 2.75) is 19.8 Å². The Balaban J connectivity index is 2.00. The van der Waals surface area contributed by atoms with Crippen LogP contribution in [0.5, 0.6) is 0 Å². The number of hydrogen-bond donors (Lipinski definition) is 3. The van der Waals surface area contributed by atoms with Crippen LogP contribution in [0, 0.1) is 0 Å². The number of ether oxygens (including phenoxy) is 1. The summed E-state index contributed by atoms with van der Waals surface area (Å²) >= 11 is 0. The molecule has 22 heavy (non-hydrogen) atoms. The van der Waals surface area contributed by atoms with E-state index in [1.54, 1.807) is 6.92 Å². The van der Waals surface area contributed by atoms with Gasteiger partial charge in [-0.2, -0.15) is 0 Å². The number of rotatable bonds is 10. The number of hydrogen-bond acceptors (Lipinski definition) is 5. The molecule has 4 N–H and O–H groups in total. The Hall–Kier alpha value is -0.900. The minimum atomic E-state index is -3.10. The molecule has 0 aromatic heterocycles. The summed E-state index contributed by atoms with van der Waals surface area (Å²) in [5.74, 6) is 0.521. The van der Waals surface area contributed by atoms with Gasteiger partial charge in [0.15, 0.2) is 5.96 Å². The summed E-state index contributed by atoms with van der Waals surface area (Å²) in [6, 6.07) is 0. The predicted molar refractivity (Wildman–Crippen MR) is 88.4 cm³/mol. The molecule has 1 aliphatic heterocycles. The van der Waals surface area contributed by atoms with E-state index in [1.165, 1.54) is 0 Å². The summed E-state index contributed by atoms with van der Waals surface area (Å²) in [5.41, 5.74) is 5.75. The lowest BCUT2D eigenvalue weighted by atomic mass is 10.3. The van der Waals surface area contributed by atoms with Crippen LogP contribution in [-0.4, -0.2) is 77.5 Å². The first kappa shape index (κ1) is 19.1. The van der Waals surface area contributed by atoms with E-state index in [0.29, 0.717) is 32.0 Å². The summed E-state index contributed by atoms with van der Waals surface area (Å²) in [6.07, 6.45) is 1.64. The summed E-state index contributed by atoms with van der Waals surface area (Å²) < 4.78 is 30.2. The van der Waals surface area contributed by atoms with Crippen molar-refractivity contribution in [3.05, 3.63) is 0 Å². The lowest BCUT2D eigenvalue weighted by Gasteiger charge is -2.26. The summed E-state index contributed by atoms with van der Waals surface area (Å²) in [4.78, 5) is 6.62. The van der Waals surface area contributed by atoms with E-state index in [2.05, 4.69) is 19.9 Å². The summed E-state index contributed by atoms with van der Waals surface area (Å²) in [5, 5.41) is 2.98. The molecule has 0 saturated carbocycles. The molecule has 1 heterocycles. The Morgan fingerprint density at radius 3 is 2.68 bits per heavy atom. The van der Waals surface area contributed by atoms with Gasteiger partial charge < -0.3 is 15.8 Å². The number of aliphatic imine (C=N–C) groups is 1. The van der Waals surface area contributed by atoms with Crippen molar-refractivity contribution in [3.63, 3.8) is 0 Å². The standard InChI is InChI=1S/C13H29N5O3S/c1-2-22(19,20)17-7-3-5-15-13(14)16-6-4-8-18-9-11-21-12-10-18/h17H,2-12H2,1H3,(H3,14,15,16). The van der Waals surface area contributed by atoms with Gasteiger partial charge in [0.2, 0.25) is 10.0 Å². The topological polar surface area (TPSA) is 109 Å². The summed E-state index contributed by atoms with van der Waals surface area (Å²) in [7, 11) is -3.10. The van der Waals surface area contributed by atoms with Crippen molar-refractivity contribution in [3.8, 4) is 0 Å². The molecule has 0 aromatic carbocycles. The molecule has 0 amide bonds. The van der Waals surface area contributed by atoms with Gasteiger partial charge in [-0.05, 0) is 19.8 Å². The zero-order valence-electron chi connectivity index (χ0n) is 13.4. The smallest absolute Gasteiger partial charge is 0.211 e. The number of guanidine groups is 1. The van der Waals surface area contributed by atoms with E-state index in [-0.39, 0.29) is 5.75 Å². The fourth-order valence-corrected chi connectivity index (χ4v) is 2.67. The highest BCUT2D eigenvalue weighted by molar-refractivity contribution is 7.89. The number of sulfonamides is 1. The minimum absolute atomic E-state index is 0.104. The van der Waals surface area contributed by atoms with E-state index in [0.717, 1.165) is 39.3 Å². The third-order valence-corrected chi connectivity index (χ3v) is 4.78. The zero-order chi connectivity index (χ0) is 16.3. The molecule has 0 spiro atoms. The second-order valence-corrected chi connectivity index (χ2v) is 7.25. The molecule has 130 valence electrons. The average Bonchev–Trinajstić information content (AvgIpc) is 2.52. The van der Waals surface area contributed by atoms with Crippen LogP contribution in [0.2, 0.25) is 0 Å². The van der Waals surface area contributed by atoms with Crippen molar-refractivity contribution < 1.29 is 13.2 Å². The molecule has 0 aromatic rings. The summed E-state index contributed by atoms with van der Waals surface area (Å²) in [6.45, 7) is 7.94. The molecule has 1 saturated heterocycles. The molecule has 0 radical (unpaired) electrons. The van der Waals surface area contributed by atoms with Crippen LogP contribution in [0.1, 0.15) is 19.8 Å². The Morgan fingerprint density at radius 1 is 1.27 bits per heavy atom. The molecule has 9 heteroatoms. The number of nitrogens with zero attached hydrogens (tertiary/aromatic N) is 2. The van der Waals surface area contributed by atoms with Crippen LogP contribution in [0.25, 0.3) is 0 Å². The van der Waals surface area contributed by atoms with Gasteiger partial charge in [0.25, 0.3) is 0 Å². The number of morpholine rings is 1. The monoisotopic (exact) mass is 335 g/mol. The minimum Gasteiger partial charge on any atom is -0.379 e. The quantitative estimate of drug-likeness (QED) is 0.267. The van der Waals surface area contributed by atoms with Gasteiger partial charge in [-0.3, -0.25) is 9.89 Å². The predicted octanol–water partition coefficient (Wildman–Crippen LogP) is -1.06. The van der Waals surface area contributed by atoms with Crippen molar-refractivity contribution in [2.75, 3.05) is 58.2 Å². The average molecular weight is 335 g/mol. The first-order valence-corrected chi connectivity index (χ1v) is 9.50. The van der Waals surface area contributed by atoms with Crippen LogP contribution < -0.4 is 15.8 Å². The molecule has 0 atom stereocenters. The molecular formula is C13H29N5O3S. The molecule has 8 nitrogen and oxygen atoms in total. The maximum absolute atomic E-state index is 11.2. The third-order valence-electron chi connectivity index (χ3n) is 3.38. The second kappa shape index (κ2) is 10.8. The van der Waals surface area contributed by atoms with Gasteiger partial charge >= 0.3 is 0 Å². The Labute approximate surface area is 133 Å². The lowest BCUT2D eigenvalue weighted by Crippen LogP contribution is -2.37. The molecule has 1 fully saturated rings. The van der Waals surface area contributed by atoms with Crippen LogP contribution in [0.3, 0.4) is 0 Å². The molecule has 1 rings (SSSR count). The van der Waals surface area contributed by atoms with E-state index >= 15 is 0 Å². The highest BCUT2D eigenvalue weighted by Gasteiger charge is 2.08. The van der Waals surface area contributed by atoms with E-state index in [9.17, 15) is 8.42 Å². The SMILES string of the molecule is CCS(=O)(=O)NCCCNC(N)=NCCCN1CCOCC1. The zero-order valence-corrected chi connectivity index (χ0v) is 14.2. The van der Waals surface area contributed by atoms with Crippen molar-refractivity contribution in [1.82, 2.24) is 14.9 Å². The normalized spacial score (nSPS) is 17.6. The highest BCUT2D eigenvalue weighted by atomic mass is 32.2. The molecule has 0 unspecified atom stereocenters. The van der Waals surface area contributed by atoms with Crippen molar-refractivity contribution >= 4 is 16.0 Å². The fourth-order valence-electron chi connectivity index (χ4n) is 2.01. The molecular weight excluding hydrogens is 306 g/mol. The van der Waals surface area contributed by atoms with Crippen LogP contribution in [0.15, 0.2) is 4.99 Å². The van der Waals surface area contributed by atoms with Gasteiger partial charge in [-0.15, -0.1) is 0 Å². The second-order valence-electron chi connectivity index (χ2n) is 5.15. The van der Waals surface area contributed by atoms with Gasteiger partial charge in [0.1, 0.15) is 0 Å². The van der Waals surface area contributed by atoms with E-state index in [1.807, 2.05) is 0 Å². The maximum Gasteiger partial charge on any atom is 0.211 e. The van der Waals surface area contributed by atoms with Gasteiger partial charge in [-0.1, -0.05) is 0 Å². The van der Waals surface area contributed by atoms with E-state index < -0.39 is 10.0 Å². The lowest BCUT2D eigenvalue weighted by molar-refractivity contribution is 0.0377. The van der Waals surface area contributed by atoms with Gasteiger partial charge in [-0.25, -0.2) is 13.1 Å². The van der Waals surface area contributed by atoms with Crippen LogP contribution >= 0.6 is 0 Å². The van der Waals surface area contributed by atoms with Crippen molar-refractivity contribution in [2.24, 2.45) is 10.7 Å². The Kier molecular flexibility index (Phi) is 9.37. The van der Waals surface area contributed by atoms with Crippen LogP contribution in [-0.2, 0) is 14.8 Å². The molecule has 1 aliphatic rings. The Bertz CT molecular complexity index is 421. The molecule has 0 aliphatic carbocycles. The fraction of sp³-hybridized carbons (Fsp3) is 0.923. The van der Waals surface area contributed by atoms with Gasteiger partial charge in [0, 0.05) is 39.3 Å². The largest absolute Gasteiger partial charge is 0.379 e. The van der Waals surface area contributed by atoms with Crippen LogP contribution in [0.4, 0.5) is 0 Å². The third kappa shape index (κ3) is 9.19. The van der Waals surface area contributed by atoms with E-state index in [4.69, 9.17) is 10.5 Å².